The summed E-state index contributed by atoms with van der Waals surface area (Å²) in [5, 5.41) is 7.61. The summed E-state index contributed by atoms with van der Waals surface area (Å²) in [6.07, 6.45) is 0.960. The molecule has 0 aliphatic rings. The lowest BCUT2D eigenvalue weighted by molar-refractivity contribution is 0.964. The summed E-state index contributed by atoms with van der Waals surface area (Å²) in [4.78, 5) is 10.1. The minimum atomic E-state index is 0.898. The van der Waals surface area contributed by atoms with Crippen LogP contribution >= 0.6 is 22.7 Å². The van der Waals surface area contributed by atoms with E-state index in [-0.39, 0.29) is 0 Å². The van der Waals surface area contributed by atoms with Gasteiger partial charge < -0.3 is 5.32 Å². The molecule has 2 aromatic rings. The second kappa shape index (κ2) is 4.93. The largest absolute Gasteiger partial charge is 0.361 e. The van der Waals surface area contributed by atoms with Crippen LogP contribution in [-0.4, -0.2) is 16.5 Å². The van der Waals surface area contributed by atoms with Crippen molar-refractivity contribution in [2.45, 2.75) is 27.2 Å². The molecule has 2 aromatic heterocycles. The van der Waals surface area contributed by atoms with Crippen molar-refractivity contribution in [3.05, 3.63) is 26.7 Å². The predicted molar refractivity (Wildman–Crippen MR) is 70.6 cm³/mol. The quantitative estimate of drug-likeness (QED) is 0.909. The molecular formula is C11H15N3S2. The van der Waals surface area contributed by atoms with Crippen LogP contribution < -0.4 is 5.32 Å². The fraction of sp³-hybridized carbons (Fsp3) is 0.455. The van der Waals surface area contributed by atoms with Gasteiger partial charge in [-0.15, -0.1) is 22.7 Å². The molecule has 5 heteroatoms. The molecule has 0 saturated heterocycles. The Morgan fingerprint density at radius 1 is 1.25 bits per heavy atom. The monoisotopic (exact) mass is 253 g/mol. The van der Waals surface area contributed by atoms with Crippen molar-refractivity contribution in [2.75, 3.05) is 11.9 Å². The molecule has 0 saturated carbocycles. The van der Waals surface area contributed by atoms with Crippen LogP contribution in [0.5, 0.6) is 0 Å². The van der Waals surface area contributed by atoms with Crippen molar-refractivity contribution >= 4 is 27.8 Å². The third-order valence-electron chi connectivity index (χ3n) is 2.35. The standard InChI is InChI=1S/C11H15N3S2/c1-7-8(2)16-11(13-7)12-5-4-10-6-15-9(3)14-10/h6H,4-5H2,1-3H3,(H,12,13). The van der Waals surface area contributed by atoms with Crippen LogP contribution in [-0.2, 0) is 6.42 Å². The highest BCUT2D eigenvalue weighted by molar-refractivity contribution is 7.15. The van der Waals surface area contributed by atoms with E-state index >= 15 is 0 Å². The van der Waals surface area contributed by atoms with Gasteiger partial charge in [-0.1, -0.05) is 0 Å². The maximum atomic E-state index is 4.44. The number of hydrogen-bond acceptors (Lipinski definition) is 5. The first kappa shape index (κ1) is 11.5. The lowest BCUT2D eigenvalue weighted by atomic mass is 10.3. The van der Waals surface area contributed by atoms with Crippen LogP contribution in [0.2, 0.25) is 0 Å². The molecule has 2 heterocycles. The van der Waals surface area contributed by atoms with Crippen molar-refractivity contribution in [2.24, 2.45) is 0 Å². The van der Waals surface area contributed by atoms with Gasteiger partial charge in [-0.05, 0) is 20.8 Å². The van der Waals surface area contributed by atoms with Crippen LogP contribution in [0.15, 0.2) is 5.38 Å². The first-order chi connectivity index (χ1) is 7.65. The van der Waals surface area contributed by atoms with E-state index < -0.39 is 0 Å². The van der Waals surface area contributed by atoms with Gasteiger partial charge in [-0.2, -0.15) is 0 Å². The maximum absolute atomic E-state index is 4.44. The van der Waals surface area contributed by atoms with E-state index in [9.17, 15) is 0 Å². The highest BCUT2D eigenvalue weighted by Gasteiger charge is 2.03. The molecule has 2 rings (SSSR count). The Balaban J connectivity index is 1.84. The van der Waals surface area contributed by atoms with Crippen LogP contribution in [0, 0.1) is 20.8 Å². The molecule has 0 atom stereocenters. The number of aryl methyl sites for hydroxylation is 3. The molecule has 0 aliphatic carbocycles. The zero-order valence-corrected chi connectivity index (χ0v) is 11.3. The number of nitrogens with one attached hydrogen (secondary N) is 1. The summed E-state index contributed by atoms with van der Waals surface area (Å²) < 4.78 is 0. The first-order valence-electron chi connectivity index (χ1n) is 5.24. The maximum Gasteiger partial charge on any atom is 0.183 e. The van der Waals surface area contributed by atoms with Gasteiger partial charge >= 0.3 is 0 Å². The van der Waals surface area contributed by atoms with E-state index in [1.807, 2.05) is 13.8 Å². The van der Waals surface area contributed by atoms with E-state index in [2.05, 4.69) is 27.6 Å². The van der Waals surface area contributed by atoms with E-state index in [4.69, 9.17) is 0 Å². The van der Waals surface area contributed by atoms with E-state index in [0.717, 1.165) is 28.8 Å². The Hall–Kier alpha value is -0.940. The van der Waals surface area contributed by atoms with Crippen molar-refractivity contribution in [3.8, 4) is 0 Å². The molecule has 0 spiro atoms. The van der Waals surface area contributed by atoms with Gasteiger partial charge in [0.05, 0.1) is 16.4 Å². The molecule has 1 N–H and O–H groups in total. The van der Waals surface area contributed by atoms with Crippen LogP contribution in [0.25, 0.3) is 0 Å². The van der Waals surface area contributed by atoms with Gasteiger partial charge in [-0.25, -0.2) is 9.97 Å². The zero-order chi connectivity index (χ0) is 11.5. The molecule has 0 aliphatic heterocycles. The fourth-order valence-corrected chi connectivity index (χ4v) is 2.86. The summed E-state index contributed by atoms with van der Waals surface area (Å²) in [6, 6.07) is 0. The molecule has 0 fully saturated rings. The number of rotatable bonds is 4. The topological polar surface area (TPSA) is 37.8 Å². The van der Waals surface area contributed by atoms with Gasteiger partial charge in [0, 0.05) is 23.2 Å². The molecule has 86 valence electrons. The number of hydrogen-bond donors (Lipinski definition) is 1. The normalized spacial score (nSPS) is 10.7. The Labute approximate surface area is 104 Å². The van der Waals surface area contributed by atoms with Gasteiger partial charge in [0.25, 0.3) is 0 Å². The summed E-state index contributed by atoms with van der Waals surface area (Å²) in [5.41, 5.74) is 2.29. The van der Waals surface area contributed by atoms with Crippen molar-refractivity contribution < 1.29 is 0 Å². The second-order valence-electron chi connectivity index (χ2n) is 3.70. The summed E-state index contributed by atoms with van der Waals surface area (Å²) in [6.45, 7) is 7.08. The minimum absolute atomic E-state index is 0.898. The lowest BCUT2D eigenvalue weighted by Gasteiger charge is -1.99. The summed E-state index contributed by atoms with van der Waals surface area (Å²) >= 11 is 3.42. The Bertz CT molecular complexity index is 454. The third-order valence-corrected chi connectivity index (χ3v) is 4.21. The molecule has 16 heavy (non-hydrogen) atoms. The predicted octanol–water partition coefficient (Wildman–Crippen LogP) is 3.18. The highest BCUT2D eigenvalue weighted by atomic mass is 32.1. The lowest BCUT2D eigenvalue weighted by Crippen LogP contribution is -2.04. The number of thiazole rings is 2. The average Bonchev–Trinajstić information content (AvgIpc) is 2.75. The van der Waals surface area contributed by atoms with E-state index in [0.29, 0.717) is 0 Å². The smallest absolute Gasteiger partial charge is 0.183 e. The third kappa shape index (κ3) is 2.80. The summed E-state index contributed by atoms with van der Waals surface area (Å²) in [7, 11) is 0. The summed E-state index contributed by atoms with van der Waals surface area (Å²) in [5.74, 6) is 0. The SMILES string of the molecule is Cc1nc(CCNc2nc(C)c(C)s2)cs1. The van der Waals surface area contributed by atoms with Gasteiger partial charge in [0.2, 0.25) is 0 Å². The number of nitrogens with zero attached hydrogens (tertiary/aromatic N) is 2. The average molecular weight is 253 g/mol. The van der Waals surface area contributed by atoms with Gasteiger partial charge in [0.1, 0.15) is 0 Å². The first-order valence-corrected chi connectivity index (χ1v) is 6.93. The van der Waals surface area contributed by atoms with Crippen LogP contribution in [0.4, 0.5) is 5.13 Å². The highest BCUT2D eigenvalue weighted by Crippen LogP contribution is 2.20. The molecule has 0 unspecified atom stereocenters. The molecule has 3 nitrogen and oxygen atoms in total. The van der Waals surface area contributed by atoms with E-state index in [1.165, 1.54) is 10.6 Å². The van der Waals surface area contributed by atoms with Crippen molar-refractivity contribution in [3.63, 3.8) is 0 Å². The molecular weight excluding hydrogens is 238 g/mol. The molecule has 0 aromatic carbocycles. The Morgan fingerprint density at radius 3 is 2.62 bits per heavy atom. The van der Waals surface area contributed by atoms with Gasteiger partial charge in [0.15, 0.2) is 5.13 Å². The van der Waals surface area contributed by atoms with Crippen LogP contribution in [0.3, 0.4) is 0 Å². The van der Waals surface area contributed by atoms with Crippen LogP contribution in [0.1, 0.15) is 21.3 Å². The van der Waals surface area contributed by atoms with Gasteiger partial charge in [-0.3, -0.25) is 0 Å². The van der Waals surface area contributed by atoms with Crippen molar-refractivity contribution in [1.82, 2.24) is 9.97 Å². The fourth-order valence-electron chi connectivity index (χ4n) is 1.37. The zero-order valence-electron chi connectivity index (χ0n) is 9.70. The second-order valence-corrected chi connectivity index (χ2v) is 5.96. The Morgan fingerprint density at radius 2 is 2.06 bits per heavy atom. The van der Waals surface area contributed by atoms with Crippen molar-refractivity contribution in [1.29, 1.82) is 0 Å². The number of aromatic nitrogens is 2. The molecule has 0 radical (unpaired) electrons. The number of anilines is 1. The Kier molecular flexibility index (Phi) is 3.56. The minimum Gasteiger partial charge on any atom is -0.361 e. The van der Waals surface area contributed by atoms with E-state index in [1.54, 1.807) is 22.7 Å². The molecule has 0 bridgehead atoms. The molecule has 0 amide bonds.